The summed E-state index contributed by atoms with van der Waals surface area (Å²) in [5.74, 6) is 0.554. The van der Waals surface area contributed by atoms with Crippen molar-refractivity contribution in [2.24, 2.45) is 5.73 Å². The highest BCUT2D eigenvalue weighted by molar-refractivity contribution is 5.09. The summed E-state index contributed by atoms with van der Waals surface area (Å²) in [5.41, 5.74) is 6.79. The Balaban J connectivity index is 2.67. The molecule has 1 rings (SSSR count). The summed E-state index contributed by atoms with van der Waals surface area (Å²) in [5, 5.41) is 4.32. The molecular weight excluding hydrogens is 162 g/mol. The third kappa shape index (κ3) is 2.56. The van der Waals surface area contributed by atoms with Crippen LogP contribution in [0.25, 0.3) is 0 Å². The van der Waals surface area contributed by atoms with Crippen LogP contribution < -0.4 is 5.73 Å². The van der Waals surface area contributed by atoms with Crippen LogP contribution in [0.5, 0.6) is 0 Å². The molecule has 3 heteroatoms. The van der Waals surface area contributed by atoms with Crippen molar-refractivity contribution in [2.45, 2.75) is 39.2 Å². The quantitative estimate of drug-likeness (QED) is 0.771. The van der Waals surface area contributed by atoms with Gasteiger partial charge >= 0.3 is 0 Å². The van der Waals surface area contributed by atoms with Gasteiger partial charge < -0.3 is 5.73 Å². The predicted molar refractivity (Wildman–Crippen MR) is 54.7 cm³/mol. The smallest absolute Gasteiger partial charge is 0.0524 e. The van der Waals surface area contributed by atoms with E-state index in [2.05, 4.69) is 32.1 Å². The average Bonchev–Trinajstić information content (AvgIpc) is 2.52. The fourth-order valence-corrected chi connectivity index (χ4v) is 1.27. The summed E-state index contributed by atoms with van der Waals surface area (Å²) in [4.78, 5) is 0. The number of hydrogen-bond donors (Lipinski definition) is 1. The Morgan fingerprint density at radius 2 is 2.15 bits per heavy atom. The van der Waals surface area contributed by atoms with Gasteiger partial charge in [0, 0.05) is 6.20 Å². The molecule has 0 bridgehead atoms. The second-order valence-electron chi connectivity index (χ2n) is 3.83. The number of nitrogens with zero attached hydrogens (tertiary/aromatic N) is 2. The lowest BCUT2D eigenvalue weighted by Gasteiger charge is -2.09. The molecule has 0 aliphatic heterocycles. The Labute approximate surface area is 79.9 Å². The first kappa shape index (κ1) is 10.3. The summed E-state index contributed by atoms with van der Waals surface area (Å²) in [6, 6.07) is 0.414. The molecule has 2 N–H and O–H groups in total. The van der Waals surface area contributed by atoms with Gasteiger partial charge in [-0.3, -0.25) is 4.68 Å². The summed E-state index contributed by atoms with van der Waals surface area (Å²) >= 11 is 0. The molecule has 13 heavy (non-hydrogen) atoms. The molecule has 0 spiro atoms. The molecule has 0 fully saturated rings. The Kier molecular flexibility index (Phi) is 3.48. The maximum atomic E-state index is 5.49. The summed E-state index contributed by atoms with van der Waals surface area (Å²) in [7, 11) is 0. The van der Waals surface area contributed by atoms with Crippen LogP contribution in [0.1, 0.15) is 44.7 Å². The zero-order valence-electron chi connectivity index (χ0n) is 8.70. The molecule has 0 aromatic carbocycles. The highest BCUT2D eigenvalue weighted by atomic mass is 15.3. The van der Waals surface area contributed by atoms with Crippen LogP contribution in [0.3, 0.4) is 0 Å². The van der Waals surface area contributed by atoms with Crippen molar-refractivity contribution in [1.82, 2.24) is 9.78 Å². The van der Waals surface area contributed by atoms with Crippen LogP contribution >= 0.6 is 0 Å². The van der Waals surface area contributed by atoms with Gasteiger partial charge in [-0.15, -0.1) is 0 Å². The maximum Gasteiger partial charge on any atom is 0.0524 e. The highest BCUT2D eigenvalue weighted by Gasteiger charge is 2.07. The number of nitrogens with two attached hydrogens (primary N) is 1. The van der Waals surface area contributed by atoms with E-state index < -0.39 is 0 Å². The lowest BCUT2D eigenvalue weighted by molar-refractivity contribution is 0.465. The summed E-state index contributed by atoms with van der Waals surface area (Å²) in [6.07, 6.45) is 5.04. The zero-order valence-corrected chi connectivity index (χ0v) is 8.70. The van der Waals surface area contributed by atoms with Gasteiger partial charge in [-0.05, 0) is 31.4 Å². The van der Waals surface area contributed by atoms with Gasteiger partial charge in [-0.1, -0.05) is 13.8 Å². The largest absolute Gasteiger partial charge is 0.330 e. The van der Waals surface area contributed by atoms with Crippen molar-refractivity contribution < 1.29 is 0 Å². The Morgan fingerprint density at radius 3 is 2.62 bits per heavy atom. The van der Waals surface area contributed by atoms with Gasteiger partial charge in [0.15, 0.2) is 0 Å². The van der Waals surface area contributed by atoms with E-state index in [1.165, 1.54) is 5.56 Å². The van der Waals surface area contributed by atoms with E-state index in [1.54, 1.807) is 0 Å². The molecule has 0 saturated carbocycles. The van der Waals surface area contributed by atoms with Crippen LogP contribution in [0.15, 0.2) is 12.4 Å². The molecule has 3 nitrogen and oxygen atoms in total. The van der Waals surface area contributed by atoms with E-state index in [1.807, 2.05) is 10.9 Å². The van der Waals surface area contributed by atoms with Gasteiger partial charge in [0.1, 0.15) is 0 Å². The lowest BCUT2D eigenvalue weighted by atomic mass is 10.1. The first-order valence-electron chi connectivity index (χ1n) is 4.89. The molecule has 1 aromatic rings. The Bertz CT molecular complexity index is 252. The first-order valence-corrected chi connectivity index (χ1v) is 4.89. The average molecular weight is 181 g/mol. The van der Waals surface area contributed by atoms with E-state index >= 15 is 0 Å². The minimum absolute atomic E-state index is 0.414. The molecule has 1 heterocycles. The molecule has 0 saturated heterocycles. The first-order chi connectivity index (χ1) is 6.15. The van der Waals surface area contributed by atoms with Gasteiger partial charge in [0.25, 0.3) is 0 Å². The Morgan fingerprint density at radius 1 is 1.46 bits per heavy atom. The van der Waals surface area contributed by atoms with Gasteiger partial charge in [-0.25, -0.2) is 0 Å². The Hall–Kier alpha value is -0.830. The minimum atomic E-state index is 0.414. The molecule has 0 aliphatic carbocycles. The highest BCUT2D eigenvalue weighted by Crippen LogP contribution is 2.16. The zero-order chi connectivity index (χ0) is 9.84. The predicted octanol–water partition coefficient (Wildman–Crippen LogP) is 1.92. The number of aromatic nitrogens is 2. The molecule has 1 unspecified atom stereocenters. The molecule has 74 valence electrons. The second-order valence-corrected chi connectivity index (χ2v) is 3.83. The summed E-state index contributed by atoms with van der Waals surface area (Å²) < 4.78 is 2.00. The fourth-order valence-electron chi connectivity index (χ4n) is 1.27. The van der Waals surface area contributed by atoms with Crippen molar-refractivity contribution >= 4 is 0 Å². The van der Waals surface area contributed by atoms with Crippen LogP contribution in [0.2, 0.25) is 0 Å². The lowest BCUT2D eigenvalue weighted by Crippen LogP contribution is -2.11. The van der Waals surface area contributed by atoms with Crippen LogP contribution in [-0.2, 0) is 0 Å². The van der Waals surface area contributed by atoms with Crippen molar-refractivity contribution in [3.63, 3.8) is 0 Å². The molecule has 0 radical (unpaired) electrons. The van der Waals surface area contributed by atoms with Gasteiger partial charge in [0.05, 0.1) is 12.2 Å². The normalized spacial score (nSPS) is 13.6. The van der Waals surface area contributed by atoms with E-state index in [4.69, 9.17) is 5.73 Å². The maximum absolute atomic E-state index is 5.49. The fraction of sp³-hybridized carbons (Fsp3) is 0.700. The van der Waals surface area contributed by atoms with Crippen molar-refractivity contribution in [3.8, 4) is 0 Å². The van der Waals surface area contributed by atoms with Crippen LogP contribution in [0.4, 0.5) is 0 Å². The van der Waals surface area contributed by atoms with E-state index in [-0.39, 0.29) is 0 Å². The van der Waals surface area contributed by atoms with Crippen molar-refractivity contribution in [2.75, 3.05) is 6.54 Å². The van der Waals surface area contributed by atoms with E-state index in [0.717, 1.165) is 13.0 Å². The molecule has 1 atom stereocenters. The summed E-state index contributed by atoms with van der Waals surface area (Å²) in [6.45, 7) is 7.21. The molecule has 0 aliphatic rings. The topological polar surface area (TPSA) is 43.8 Å². The van der Waals surface area contributed by atoms with Gasteiger partial charge in [-0.2, -0.15) is 5.10 Å². The van der Waals surface area contributed by atoms with Crippen LogP contribution in [-0.4, -0.2) is 16.3 Å². The van der Waals surface area contributed by atoms with Crippen LogP contribution in [0, 0.1) is 0 Å². The SMILES string of the molecule is CC(C)c1cnn(C(C)CCN)c1. The van der Waals surface area contributed by atoms with E-state index in [9.17, 15) is 0 Å². The monoisotopic (exact) mass is 181 g/mol. The minimum Gasteiger partial charge on any atom is -0.330 e. The third-order valence-electron chi connectivity index (χ3n) is 2.32. The molecular formula is C10H19N3. The third-order valence-corrected chi connectivity index (χ3v) is 2.32. The molecule has 1 aromatic heterocycles. The van der Waals surface area contributed by atoms with Crippen molar-refractivity contribution in [3.05, 3.63) is 18.0 Å². The van der Waals surface area contributed by atoms with Crippen molar-refractivity contribution in [1.29, 1.82) is 0 Å². The van der Waals surface area contributed by atoms with Gasteiger partial charge in [0.2, 0.25) is 0 Å². The van der Waals surface area contributed by atoms with E-state index in [0.29, 0.717) is 12.0 Å². The second kappa shape index (κ2) is 4.42. The number of rotatable bonds is 4. The standard InChI is InChI=1S/C10H19N3/c1-8(2)10-6-12-13(7-10)9(3)4-5-11/h6-9H,4-5,11H2,1-3H3. The molecule has 0 amide bonds. The number of hydrogen-bond acceptors (Lipinski definition) is 2.